The van der Waals surface area contributed by atoms with Crippen LogP contribution in [0.15, 0.2) is 77.4 Å². The monoisotopic (exact) mass is 407 g/mol. The largest absolute Gasteiger partial charge is 0.484 e. The van der Waals surface area contributed by atoms with Crippen LogP contribution < -0.4 is 20.7 Å². The van der Waals surface area contributed by atoms with Gasteiger partial charge in [0.15, 0.2) is 12.4 Å². The summed E-state index contributed by atoms with van der Waals surface area (Å²) in [6.45, 7) is 0.00627. The Morgan fingerprint density at radius 2 is 1.60 bits per heavy atom. The van der Waals surface area contributed by atoms with Crippen LogP contribution in [0.5, 0.6) is 5.75 Å². The first kappa shape index (κ1) is 20.7. The highest BCUT2D eigenvalue weighted by atomic mass is 16.5. The molecule has 0 aliphatic rings. The van der Waals surface area contributed by atoms with Crippen LogP contribution in [0.2, 0.25) is 0 Å². The Balaban J connectivity index is 1.41. The molecule has 0 unspecified atom stereocenters. The van der Waals surface area contributed by atoms with Gasteiger partial charge < -0.3 is 25.1 Å². The number of anilines is 2. The zero-order chi connectivity index (χ0) is 21.2. The predicted molar refractivity (Wildman–Crippen MR) is 111 cm³/mol. The number of hydrogen-bond acceptors (Lipinski definition) is 5. The number of benzene rings is 2. The van der Waals surface area contributed by atoms with Gasteiger partial charge in [-0.15, -0.1) is 0 Å². The number of amides is 3. The summed E-state index contributed by atoms with van der Waals surface area (Å²) in [7, 11) is 0. The fraction of sp³-hybridized carbons (Fsp3) is 0.136. The van der Waals surface area contributed by atoms with Crippen LogP contribution in [0.1, 0.15) is 17.0 Å². The molecule has 0 fully saturated rings. The second-order valence-electron chi connectivity index (χ2n) is 6.26. The third-order valence-electron chi connectivity index (χ3n) is 3.93. The maximum absolute atomic E-state index is 12.1. The van der Waals surface area contributed by atoms with Crippen LogP contribution in [-0.4, -0.2) is 30.9 Å². The molecule has 3 amide bonds. The molecule has 1 aromatic heterocycles. The number of nitrogens with one attached hydrogen (secondary N) is 3. The summed E-state index contributed by atoms with van der Waals surface area (Å²) in [5, 5.41) is 8.05. The molecule has 0 bridgehead atoms. The highest BCUT2D eigenvalue weighted by molar-refractivity contribution is 5.93. The molecule has 3 rings (SSSR count). The summed E-state index contributed by atoms with van der Waals surface area (Å²) in [5.74, 6) is -0.299. The van der Waals surface area contributed by atoms with E-state index in [-0.39, 0.29) is 43.1 Å². The Morgan fingerprint density at radius 1 is 0.833 bits per heavy atom. The molecule has 154 valence electrons. The average Bonchev–Trinajstić information content (AvgIpc) is 3.28. The third-order valence-corrected chi connectivity index (χ3v) is 3.93. The molecule has 1 heterocycles. The average molecular weight is 407 g/mol. The quantitative estimate of drug-likeness (QED) is 0.505. The molecule has 0 saturated heterocycles. The molecule has 0 aliphatic carbocycles. The lowest BCUT2D eigenvalue weighted by Crippen LogP contribution is -2.27. The van der Waals surface area contributed by atoms with Crippen molar-refractivity contribution in [1.29, 1.82) is 0 Å². The van der Waals surface area contributed by atoms with Crippen molar-refractivity contribution in [3.8, 4) is 5.75 Å². The molecule has 30 heavy (non-hydrogen) atoms. The summed E-state index contributed by atoms with van der Waals surface area (Å²) in [6, 6.07) is 19.0. The van der Waals surface area contributed by atoms with Crippen LogP contribution in [0.25, 0.3) is 0 Å². The van der Waals surface area contributed by atoms with E-state index in [0.717, 1.165) is 0 Å². The van der Waals surface area contributed by atoms with Gasteiger partial charge >= 0.3 is 0 Å². The maximum Gasteiger partial charge on any atom is 0.286 e. The fourth-order valence-corrected chi connectivity index (χ4v) is 2.54. The van der Waals surface area contributed by atoms with E-state index in [1.165, 1.54) is 6.26 Å². The summed E-state index contributed by atoms with van der Waals surface area (Å²) in [6.07, 6.45) is 1.50. The van der Waals surface area contributed by atoms with Crippen LogP contribution >= 0.6 is 0 Å². The van der Waals surface area contributed by atoms with Gasteiger partial charge in [-0.2, -0.15) is 0 Å². The number of para-hydroxylation sites is 1. The molecule has 0 radical (unpaired) electrons. The van der Waals surface area contributed by atoms with Crippen molar-refractivity contribution in [2.75, 3.05) is 23.8 Å². The van der Waals surface area contributed by atoms with Crippen LogP contribution in [0, 0.1) is 0 Å². The first-order chi connectivity index (χ1) is 14.6. The predicted octanol–water partition coefficient (Wildman–Crippen LogP) is 3.06. The van der Waals surface area contributed by atoms with E-state index in [0.29, 0.717) is 17.1 Å². The highest BCUT2D eigenvalue weighted by Gasteiger charge is 2.09. The minimum absolute atomic E-state index is 0.0943. The molecular formula is C22H21N3O5. The van der Waals surface area contributed by atoms with Gasteiger partial charge in [0.1, 0.15) is 5.75 Å². The number of ether oxygens (including phenoxy) is 1. The Kier molecular flexibility index (Phi) is 7.21. The molecule has 2 aromatic carbocycles. The summed E-state index contributed by atoms with van der Waals surface area (Å²) in [4.78, 5) is 35.8. The van der Waals surface area contributed by atoms with E-state index in [4.69, 9.17) is 9.15 Å². The third kappa shape index (κ3) is 6.52. The van der Waals surface area contributed by atoms with Gasteiger partial charge in [-0.1, -0.05) is 24.3 Å². The summed E-state index contributed by atoms with van der Waals surface area (Å²) < 4.78 is 10.5. The lowest BCUT2D eigenvalue weighted by molar-refractivity contribution is -0.118. The molecule has 3 N–H and O–H groups in total. The van der Waals surface area contributed by atoms with Crippen molar-refractivity contribution < 1.29 is 23.5 Å². The van der Waals surface area contributed by atoms with Crippen molar-refractivity contribution in [2.24, 2.45) is 0 Å². The van der Waals surface area contributed by atoms with Crippen molar-refractivity contribution in [1.82, 2.24) is 5.32 Å². The van der Waals surface area contributed by atoms with Crippen molar-refractivity contribution in [2.45, 2.75) is 6.42 Å². The molecule has 0 atom stereocenters. The van der Waals surface area contributed by atoms with E-state index >= 15 is 0 Å². The minimum atomic E-state index is -0.378. The standard InChI is InChI=1S/C22H21N3O5/c26-20(11-12-23-22(28)19-10-5-13-29-19)25-17-8-4-9-18(14-17)30-15-21(27)24-16-6-2-1-3-7-16/h1-10,13-14H,11-12,15H2,(H,23,28)(H,24,27)(H,25,26). The highest BCUT2D eigenvalue weighted by Crippen LogP contribution is 2.17. The van der Waals surface area contributed by atoms with Crippen molar-refractivity contribution in [3.05, 3.63) is 78.8 Å². The lowest BCUT2D eigenvalue weighted by Gasteiger charge is -2.10. The Bertz CT molecular complexity index is 987. The molecule has 0 saturated carbocycles. The van der Waals surface area contributed by atoms with E-state index in [9.17, 15) is 14.4 Å². The maximum atomic E-state index is 12.1. The minimum Gasteiger partial charge on any atom is -0.484 e. The first-order valence-corrected chi connectivity index (χ1v) is 9.29. The SMILES string of the molecule is O=C(CCNC(=O)c1ccco1)Nc1cccc(OCC(=O)Nc2ccccc2)c1. The molecule has 8 nitrogen and oxygen atoms in total. The van der Waals surface area contributed by atoms with Gasteiger partial charge in [0.05, 0.1) is 6.26 Å². The van der Waals surface area contributed by atoms with E-state index < -0.39 is 0 Å². The zero-order valence-electron chi connectivity index (χ0n) is 16.1. The van der Waals surface area contributed by atoms with Crippen LogP contribution in [-0.2, 0) is 9.59 Å². The number of furan rings is 1. The first-order valence-electron chi connectivity index (χ1n) is 9.29. The van der Waals surface area contributed by atoms with Gasteiger partial charge in [0, 0.05) is 30.4 Å². The van der Waals surface area contributed by atoms with Gasteiger partial charge in [-0.05, 0) is 36.4 Å². The molecule has 3 aromatic rings. The Hall–Kier alpha value is -4.07. The Labute approximate surface area is 173 Å². The van der Waals surface area contributed by atoms with E-state index in [2.05, 4.69) is 16.0 Å². The second-order valence-corrected chi connectivity index (χ2v) is 6.26. The number of rotatable bonds is 9. The van der Waals surface area contributed by atoms with Crippen molar-refractivity contribution in [3.63, 3.8) is 0 Å². The van der Waals surface area contributed by atoms with E-state index in [1.807, 2.05) is 18.2 Å². The zero-order valence-corrected chi connectivity index (χ0v) is 16.1. The summed E-state index contributed by atoms with van der Waals surface area (Å²) in [5.41, 5.74) is 1.21. The van der Waals surface area contributed by atoms with Gasteiger partial charge in [0.2, 0.25) is 5.91 Å². The topological polar surface area (TPSA) is 110 Å². The van der Waals surface area contributed by atoms with Gasteiger partial charge in [0.25, 0.3) is 11.8 Å². The fourth-order valence-electron chi connectivity index (χ4n) is 2.54. The van der Waals surface area contributed by atoms with Crippen LogP contribution in [0.3, 0.4) is 0 Å². The van der Waals surface area contributed by atoms with Crippen LogP contribution in [0.4, 0.5) is 11.4 Å². The van der Waals surface area contributed by atoms with Crippen molar-refractivity contribution >= 4 is 29.1 Å². The Morgan fingerprint density at radius 3 is 2.37 bits per heavy atom. The van der Waals surface area contributed by atoms with Gasteiger partial charge in [-0.25, -0.2) is 0 Å². The number of carbonyl (C=O) groups excluding carboxylic acids is 3. The summed E-state index contributed by atoms with van der Waals surface area (Å²) >= 11 is 0. The van der Waals surface area contributed by atoms with Gasteiger partial charge in [-0.3, -0.25) is 14.4 Å². The molecule has 0 aliphatic heterocycles. The normalized spacial score (nSPS) is 10.1. The lowest BCUT2D eigenvalue weighted by atomic mass is 10.3. The smallest absolute Gasteiger partial charge is 0.286 e. The van der Waals surface area contributed by atoms with E-state index in [1.54, 1.807) is 48.5 Å². The molecule has 8 heteroatoms. The number of carbonyl (C=O) groups is 3. The molecule has 0 spiro atoms. The number of hydrogen-bond donors (Lipinski definition) is 3. The molecular weight excluding hydrogens is 386 g/mol. The second kappa shape index (κ2) is 10.5.